The normalized spacial score (nSPS) is 12.4. The Hall–Kier alpha value is -2.94. The van der Waals surface area contributed by atoms with Gasteiger partial charge in [0.1, 0.15) is 6.54 Å². The number of anilines is 1. The molecular weight excluding hydrogens is 475 g/mol. The van der Waals surface area contributed by atoms with Gasteiger partial charge in [0.2, 0.25) is 12.7 Å². The molecule has 4 rings (SSSR count). The third-order valence-electron chi connectivity index (χ3n) is 4.74. The van der Waals surface area contributed by atoms with E-state index in [1.54, 1.807) is 36.4 Å². The van der Waals surface area contributed by atoms with Crippen LogP contribution < -0.4 is 19.1 Å². The van der Waals surface area contributed by atoms with Gasteiger partial charge >= 0.3 is 0 Å². The molecule has 0 spiro atoms. The molecule has 0 aromatic heterocycles. The molecule has 1 amide bonds. The lowest BCUT2D eigenvalue weighted by Crippen LogP contribution is -2.40. The Bertz CT molecular complexity index is 1250. The molecule has 0 unspecified atom stereocenters. The highest BCUT2D eigenvalue weighted by Crippen LogP contribution is 2.33. The zero-order valence-electron chi connectivity index (χ0n) is 16.6. The van der Waals surface area contributed by atoms with Crippen LogP contribution in [0.1, 0.15) is 5.56 Å². The molecule has 10 heteroatoms. The van der Waals surface area contributed by atoms with E-state index in [1.165, 1.54) is 30.3 Å². The Morgan fingerprint density at radius 3 is 2.44 bits per heavy atom. The summed E-state index contributed by atoms with van der Waals surface area (Å²) in [5.74, 6) is 0.744. The average molecular weight is 493 g/mol. The van der Waals surface area contributed by atoms with Crippen LogP contribution in [0.3, 0.4) is 0 Å². The summed E-state index contributed by atoms with van der Waals surface area (Å²) in [5, 5.41) is 3.20. The molecule has 1 heterocycles. The summed E-state index contributed by atoms with van der Waals surface area (Å²) >= 11 is 12.1. The van der Waals surface area contributed by atoms with E-state index in [0.717, 1.165) is 9.87 Å². The summed E-state index contributed by atoms with van der Waals surface area (Å²) < 4.78 is 38.2. The lowest BCUT2D eigenvalue weighted by Gasteiger charge is -2.24. The number of halogens is 2. The van der Waals surface area contributed by atoms with E-state index in [4.69, 9.17) is 32.7 Å². The summed E-state index contributed by atoms with van der Waals surface area (Å²) in [6.45, 7) is -0.100. The SMILES string of the molecule is O=C(CN(c1ccc(Cl)c(Cl)c1)S(=O)(=O)c1ccccc1)NCc1ccc2c(c1)OCO2. The fourth-order valence-corrected chi connectivity index (χ4v) is 4.84. The van der Waals surface area contributed by atoms with Crippen LogP contribution in [0.25, 0.3) is 0 Å². The second kappa shape index (κ2) is 9.28. The van der Waals surface area contributed by atoms with Gasteiger partial charge in [-0.3, -0.25) is 9.10 Å². The van der Waals surface area contributed by atoms with Gasteiger partial charge in [-0.15, -0.1) is 0 Å². The fraction of sp³-hybridized carbons (Fsp3) is 0.136. The number of hydrogen-bond acceptors (Lipinski definition) is 5. The van der Waals surface area contributed by atoms with Crippen molar-refractivity contribution >= 4 is 44.8 Å². The van der Waals surface area contributed by atoms with Crippen LogP contribution in [0.4, 0.5) is 5.69 Å². The molecule has 0 saturated carbocycles. The van der Waals surface area contributed by atoms with Gasteiger partial charge in [-0.05, 0) is 48.0 Å². The second-order valence-electron chi connectivity index (χ2n) is 6.89. The summed E-state index contributed by atoms with van der Waals surface area (Å²) in [4.78, 5) is 12.8. The topological polar surface area (TPSA) is 84.9 Å². The number of amides is 1. The quantitative estimate of drug-likeness (QED) is 0.533. The van der Waals surface area contributed by atoms with Gasteiger partial charge in [0, 0.05) is 6.54 Å². The summed E-state index contributed by atoms with van der Waals surface area (Å²) in [5.41, 5.74) is 1.01. The van der Waals surface area contributed by atoms with E-state index in [-0.39, 0.29) is 34.0 Å². The number of benzene rings is 3. The molecule has 3 aromatic carbocycles. The third-order valence-corrected chi connectivity index (χ3v) is 7.26. The van der Waals surface area contributed by atoms with Crippen LogP contribution in [-0.2, 0) is 21.4 Å². The predicted octanol–water partition coefficient (Wildman–Crippen LogP) is 4.23. The number of nitrogens with one attached hydrogen (secondary N) is 1. The van der Waals surface area contributed by atoms with E-state index in [2.05, 4.69) is 5.32 Å². The summed E-state index contributed by atoms with van der Waals surface area (Å²) in [6.07, 6.45) is 0. The smallest absolute Gasteiger partial charge is 0.264 e. The summed E-state index contributed by atoms with van der Waals surface area (Å²) in [6, 6.07) is 17.6. The minimum atomic E-state index is -4.04. The molecule has 0 aliphatic carbocycles. The molecule has 1 aliphatic heterocycles. The van der Waals surface area contributed by atoms with Crippen molar-refractivity contribution < 1.29 is 22.7 Å². The molecule has 32 heavy (non-hydrogen) atoms. The first kappa shape index (κ1) is 22.3. The molecule has 0 radical (unpaired) electrons. The van der Waals surface area contributed by atoms with Crippen LogP contribution in [-0.4, -0.2) is 27.7 Å². The Kier molecular flexibility index (Phi) is 6.45. The predicted molar refractivity (Wildman–Crippen MR) is 122 cm³/mol. The van der Waals surface area contributed by atoms with Crippen molar-refractivity contribution in [3.63, 3.8) is 0 Å². The van der Waals surface area contributed by atoms with Crippen LogP contribution >= 0.6 is 23.2 Å². The highest BCUT2D eigenvalue weighted by atomic mass is 35.5. The number of carbonyl (C=O) groups is 1. The van der Waals surface area contributed by atoms with Crippen molar-refractivity contribution in [1.29, 1.82) is 0 Å². The molecule has 7 nitrogen and oxygen atoms in total. The molecule has 1 aliphatic rings. The van der Waals surface area contributed by atoms with Gasteiger partial charge in [-0.1, -0.05) is 47.5 Å². The minimum absolute atomic E-state index is 0.0506. The van der Waals surface area contributed by atoms with E-state index >= 15 is 0 Å². The highest BCUT2D eigenvalue weighted by Gasteiger charge is 2.27. The highest BCUT2D eigenvalue weighted by molar-refractivity contribution is 7.92. The molecule has 0 saturated heterocycles. The largest absolute Gasteiger partial charge is 0.454 e. The standard InChI is InChI=1S/C22H18Cl2N2O5S/c23-18-8-7-16(11-19(18)24)26(32(28,29)17-4-2-1-3-5-17)13-22(27)25-12-15-6-9-20-21(10-15)31-14-30-20/h1-11H,12-14H2,(H,25,27). The Morgan fingerprint density at radius 2 is 1.69 bits per heavy atom. The first-order valence-electron chi connectivity index (χ1n) is 9.52. The van der Waals surface area contributed by atoms with Crippen LogP contribution in [0.2, 0.25) is 10.0 Å². The van der Waals surface area contributed by atoms with Gasteiger partial charge in [0.15, 0.2) is 11.5 Å². The number of fused-ring (bicyclic) bond motifs is 1. The average Bonchev–Trinajstić information content (AvgIpc) is 3.26. The molecule has 1 N–H and O–H groups in total. The number of nitrogens with zero attached hydrogens (tertiary/aromatic N) is 1. The Morgan fingerprint density at radius 1 is 0.938 bits per heavy atom. The third kappa shape index (κ3) is 4.77. The molecule has 166 valence electrons. The fourth-order valence-electron chi connectivity index (χ4n) is 3.11. The van der Waals surface area contributed by atoms with Crippen molar-refractivity contribution in [2.75, 3.05) is 17.6 Å². The van der Waals surface area contributed by atoms with Crippen LogP contribution in [0, 0.1) is 0 Å². The number of hydrogen-bond donors (Lipinski definition) is 1. The maximum absolute atomic E-state index is 13.3. The van der Waals surface area contributed by atoms with Crippen LogP contribution in [0.15, 0.2) is 71.6 Å². The molecule has 0 atom stereocenters. The Balaban J connectivity index is 1.56. The first-order chi connectivity index (χ1) is 15.3. The zero-order chi connectivity index (χ0) is 22.7. The van der Waals surface area contributed by atoms with Gasteiger partial charge in [0.05, 0.1) is 20.6 Å². The van der Waals surface area contributed by atoms with Crippen LogP contribution in [0.5, 0.6) is 11.5 Å². The van der Waals surface area contributed by atoms with Crippen molar-refractivity contribution in [2.45, 2.75) is 11.4 Å². The molecule has 0 fully saturated rings. The Labute approximate surface area is 195 Å². The molecule has 0 bridgehead atoms. The first-order valence-corrected chi connectivity index (χ1v) is 11.7. The van der Waals surface area contributed by atoms with Gasteiger partial charge in [-0.2, -0.15) is 0 Å². The maximum atomic E-state index is 13.3. The number of carbonyl (C=O) groups excluding carboxylic acids is 1. The van der Waals surface area contributed by atoms with Gasteiger partial charge in [0.25, 0.3) is 10.0 Å². The van der Waals surface area contributed by atoms with Crippen molar-refractivity contribution in [3.8, 4) is 11.5 Å². The molecule has 3 aromatic rings. The number of sulfonamides is 1. The van der Waals surface area contributed by atoms with Crippen molar-refractivity contribution in [1.82, 2.24) is 5.32 Å². The lowest BCUT2D eigenvalue weighted by molar-refractivity contribution is -0.119. The van der Waals surface area contributed by atoms with E-state index in [1.807, 2.05) is 0 Å². The lowest BCUT2D eigenvalue weighted by atomic mass is 10.2. The summed E-state index contributed by atoms with van der Waals surface area (Å²) in [7, 11) is -4.04. The minimum Gasteiger partial charge on any atom is -0.454 e. The van der Waals surface area contributed by atoms with Crippen molar-refractivity contribution in [2.24, 2.45) is 0 Å². The van der Waals surface area contributed by atoms with Gasteiger partial charge < -0.3 is 14.8 Å². The second-order valence-corrected chi connectivity index (χ2v) is 9.56. The zero-order valence-corrected chi connectivity index (χ0v) is 19.0. The van der Waals surface area contributed by atoms with E-state index in [9.17, 15) is 13.2 Å². The monoisotopic (exact) mass is 492 g/mol. The molecular formula is C22H18Cl2N2O5S. The van der Waals surface area contributed by atoms with Crippen molar-refractivity contribution in [3.05, 3.63) is 82.3 Å². The van der Waals surface area contributed by atoms with E-state index in [0.29, 0.717) is 11.5 Å². The van der Waals surface area contributed by atoms with Gasteiger partial charge in [-0.25, -0.2) is 8.42 Å². The van der Waals surface area contributed by atoms with E-state index < -0.39 is 22.5 Å². The number of ether oxygens (including phenoxy) is 2. The number of rotatable bonds is 7. The maximum Gasteiger partial charge on any atom is 0.264 e.